The van der Waals surface area contributed by atoms with E-state index in [1.54, 1.807) is 0 Å². The fourth-order valence-corrected chi connectivity index (χ4v) is 2.10. The summed E-state index contributed by atoms with van der Waals surface area (Å²) in [5.74, 6) is -0.808. The van der Waals surface area contributed by atoms with Crippen molar-refractivity contribution in [3.8, 4) is 11.5 Å². The van der Waals surface area contributed by atoms with Gasteiger partial charge in [0.1, 0.15) is 0 Å². The van der Waals surface area contributed by atoms with Crippen molar-refractivity contribution in [3.63, 3.8) is 0 Å². The first-order chi connectivity index (χ1) is 11.8. The van der Waals surface area contributed by atoms with Crippen LogP contribution in [-0.4, -0.2) is 26.4 Å². The molecule has 2 heterocycles. The minimum absolute atomic E-state index is 0.00105. The van der Waals surface area contributed by atoms with Crippen molar-refractivity contribution >= 4 is 23.3 Å². The van der Waals surface area contributed by atoms with Crippen molar-refractivity contribution in [2.75, 3.05) is 5.32 Å². The number of carbonyl (C=O) groups is 1. The number of hydrogen-bond donors (Lipinski definition) is 1. The lowest BCUT2D eigenvalue weighted by Gasteiger charge is -2.10. The highest BCUT2D eigenvalue weighted by atomic mass is 35.5. The van der Waals surface area contributed by atoms with Gasteiger partial charge < -0.3 is 9.84 Å². The average molecular weight is 374 g/mol. The summed E-state index contributed by atoms with van der Waals surface area (Å²) in [4.78, 5) is 16.1. The van der Waals surface area contributed by atoms with Crippen LogP contribution >= 0.6 is 11.6 Å². The number of halogens is 4. The second-order valence-electron chi connectivity index (χ2n) is 4.74. The van der Waals surface area contributed by atoms with Gasteiger partial charge in [0, 0.05) is 12.5 Å². The number of carbonyl (C=O) groups excluding carboxylic acids is 1. The predicted molar refractivity (Wildman–Crippen MR) is 76.7 cm³/mol. The minimum Gasteiger partial charge on any atom is -0.339 e. The van der Waals surface area contributed by atoms with Crippen LogP contribution < -0.4 is 5.32 Å². The molecule has 25 heavy (non-hydrogen) atoms. The van der Waals surface area contributed by atoms with Gasteiger partial charge in [-0.05, 0) is 28.5 Å². The largest absolute Gasteiger partial charge is 0.417 e. The molecule has 0 atom stereocenters. The molecule has 3 aromatic rings. The fraction of sp³-hybridized carbons (Fsp3) is 0.154. The molecular weight excluding hydrogens is 367 g/mol. The molecule has 1 N–H and O–H groups in total. The summed E-state index contributed by atoms with van der Waals surface area (Å²) in [6.45, 7) is 1.54. The van der Waals surface area contributed by atoms with Crippen LogP contribution in [0.15, 0.2) is 27.4 Å². The van der Waals surface area contributed by atoms with Gasteiger partial charge in [0.2, 0.25) is 17.5 Å². The van der Waals surface area contributed by atoms with Gasteiger partial charge in [-0.25, -0.2) is 4.63 Å². The van der Waals surface area contributed by atoms with Crippen LogP contribution in [0.4, 0.5) is 19.0 Å². The van der Waals surface area contributed by atoms with Crippen LogP contribution in [0.3, 0.4) is 0 Å². The summed E-state index contributed by atoms with van der Waals surface area (Å²) < 4.78 is 47.9. The molecule has 0 aliphatic carbocycles. The van der Waals surface area contributed by atoms with E-state index in [-0.39, 0.29) is 28.8 Å². The summed E-state index contributed by atoms with van der Waals surface area (Å²) in [5, 5.41) is 12.3. The Labute approximate surface area is 141 Å². The third kappa shape index (κ3) is 3.45. The van der Waals surface area contributed by atoms with Gasteiger partial charge in [0.05, 0.1) is 10.6 Å². The zero-order valence-electron chi connectivity index (χ0n) is 12.3. The molecule has 1 aromatic carbocycles. The van der Waals surface area contributed by atoms with E-state index in [9.17, 15) is 18.0 Å². The monoisotopic (exact) mass is 373 g/mol. The van der Waals surface area contributed by atoms with Crippen molar-refractivity contribution in [2.45, 2.75) is 13.1 Å². The predicted octanol–water partition coefficient (Wildman–Crippen LogP) is 3.35. The lowest BCUT2D eigenvalue weighted by molar-refractivity contribution is -0.137. The van der Waals surface area contributed by atoms with Gasteiger partial charge >= 0.3 is 6.18 Å². The van der Waals surface area contributed by atoms with Crippen LogP contribution in [-0.2, 0) is 6.18 Å². The van der Waals surface area contributed by atoms with E-state index in [1.807, 2.05) is 0 Å². The van der Waals surface area contributed by atoms with E-state index in [2.05, 4.69) is 30.4 Å². The van der Waals surface area contributed by atoms with Crippen molar-refractivity contribution in [3.05, 3.63) is 40.2 Å². The number of amides is 1. The number of anilines is 1. The molecule has 0 saturated carbocycles. The number of aryl methyl sites for hydroxylation is 1. The lowest BCUT2D eigenvalue weighted by atomic mass is 10.1. The van der Waals surface area contributed by atoms with Crippen LogP contribution in [0.5, 0.6) is 0 Å². The van der Waals surface area contributed by atoms with E-state index in [0.29, 0.717) is 6.07 Å². The van der Waals surface area contributed by atoms with Crippen molar-refractivity contribution in [2.24, 2.45) is 0 Å². The number of nitrogens with zero attached hydrogens (tertiary/aromatic N) is 4. The Morgan fingerprint density at radius 2 is 2.00 bits per heavy atom. The Morgan fingerprint density at radius 3 is 2.64 bits per heavy atom. The summed E-state index contributed by atoms with van der Waals surface area (Å²) in [7, 11) is 0. The van der Waals surface area contributed by atoms with Crippen LogP contribution in [0.25, 0.3) is 11.5 Å². The second kappa shape index (κ2) is 6.16. The van der Waals surface area contributed by atoms with E-state index in [0.717, 1.165) is 12.1 Å². The molecule has 0 saturated heterocycles. The first-order valence-corrected chi connectivity index (χ1v) is 6.95. The summed E-state index contributed by atoms with van der Waals surface area (Å²) in [5.41, 5.74) is -1.45. The van der Waals surface area contributed by atoms with Gasteiger partial charge in [-0.3, -0.25) is 4.79 Å². The Morgan fingerprint density at radius 1 is 1.24 bits per heavy atom. The Kier molecular flexibility index (Phi) is 4.17. The third-order valence-electron chi connectivity index (χ3n) is 2.99. The van der Waals surface area contributed by atoms with Crippen LogP contribution in [0.2, 0.25) is 5.02 Å². The Hall–Kier alpha value is -2.95. The van der Waals surface area contributed by atoms with Crippen molar-refractivity contribution in [1.82, 2.24) is 20.5 Å². The van der Waals surface area contributed by atoms with Gasteiger partial charge in [-0.15, -0.1) is 0 Å². The topological polar surface area (TPSA) is 107 Å². The van der Waals surface area contributed by atoms with Crippen molar-refractivity contribution in [1.29, 1.82) is 0 Å². The third-order valence-corrected chi connectivity index (χ3v) is 3.32. The maximum atomic E-state index is 12.9. The zero-order valence-corrected chi connectivity index (χ0v) is 13.0. The number of hydrogen-bond acceptors (Lipinski definition) is 7. The fourth-order valence-electron chi connectivity index (χ4n) is 1.88. The van der Waals surface area contributed by atoms with Crippen molar-refractivity contribution < 1.29 is 27.1 Å². The molecule has 0 aliphatic rings. The van der Waals surface area contributed by atoms with Crippen LogP contribution in [0.1, 0.15) is 21.8 Å². The number of rotatable bonds is 3. The molecule has 0 bridgehead atoms. The summed E-state index contributed by atoms with van der Waals surface area (Å²) in [6.07, 6.45) is -4.70. The molecular formula is C13H7ClF3N5O3. The molecule has 3 rings (SSSR count). The van der Waals surface area contributed by atoms with E-state index in [1.165, 1.54) is 6.92 Å². The first-order valence-electron chi connectivity index (χ1n) is 6.57. The Balaban J connectivity index is 1.88. The van der Waals surface area contributed by atoms with E-state index in [4.69, 9.17) is 16.1 Å². The van der Waals surface area contributed by atoms with Gasteiger partial charge in [-0.1, -0.05) is 16.8 Å². The highest BCUT2D eigenvalue weighted by molar-refractivity contribution is 6.31. The molecule has 130 valence electrons. The smallest absolute Gasteiger partial charge is 0.339 e. The number of nitrogens with one attached hydrogen (secondary N) is 1. The number of benzene rings is 1. The maximum absolute atomic E-state index is 12.9. The maximum Gasteiger partial charge on any atom is 0.417 e. The molecule has 0 aliphatic heterocycles. The lowest BCUT2D eigenvalue weighted by Crippen LogP contribution is -2.15. The quantitative estimate of drug-likeness (QED) is 0.750. The molecule has 0 radical (unpaired) electrons. The Bertz CT molecular complexity index is 937. The zero-order chi connectivity index (χ0) is 18.2. The minimum atomic E-state index is -4.70. The SMILES string of the molecule is Cc1nc(-c2nonc2NC(=O)c2ccc(Cl)c(C(F)(F)F)c2)no1. The highest BCUT2D eigenvalue weighted by Gasteiger charge is 2.34. The number of aromatic nitrogens is 4. The standard InChI is InChI=1S/C13H7ClF3N5O3/c1-5-18-10(21-24-5)9-11(22-25-20-9)19-12(23)6-2-3-8(14)7(4-6)13(15,16)17/h2-4H,1H3,(H,19,22,23). The normalized spacial score (nSPS) is 11.6. The molecule has 0 spiro atoms. The molecule has 1 amide bonds. The molecule has 8 nitrogen and oxygen atoms in total. The molecule has 2 aromatic heterocycles. The second-order valence-corrected chi connectivity index (χ2v) is 5.15. The van der Waals surface area contributed by atoms with Gasteiger partial charge in [-0.2, -0.15) is 18.2 Å². The highest BCUT2D eigenvalue weighted by Crippen LogP contribution is 2.35. The summed E-state index contributed by atoms with van der Waals surface area (Å²) >= 11 is 5.52. The molecule has 0 fully saturated rings. The summed E-state index contributed by atoms with van der Waals surface area (Å²) in [6, 6.07) is 2.74. The van der Waals surface area contributed by atoms with E-state index < -0.39 is 22.7 Å². The van der Waals surface area contributed by atoms with Gasteiger partial charge in [0.15, 0.2) is 5.69 Å². The number of alkyl halides is 3. The van der Waals surface area contributed by atoms with E-state index >= 15 is 0 Å². The van der Waals surface area contributed by atoms with Crippen LogP contribution in [0, 0.1) is 6.92 Å². The molecule has 12 heteroatoms. The average Bonchev–Trinajstić information content (AvgIpc) is 3.15. The van der Waals surface area contributed by atoms with Gasteiger partial charge in [0.25, 0.3) is 5.91 Å². The molecule has 0 unspecified atom stereocenters. The first kappa shape index (κ1) is 16.9.